The first kappa shape index (κ1) is 8.27. The maximum atomic E-state index is 11.0. The first-order valence-corrected chi connectivity index (χ1v) is 3.87. The first-order chi connectivity index (χ1) is 5.24. The van der Waals surface area contributed by atoms with Crippen molar-refractivity contribution in [2.45, 2.75) is 25.8 Å². The second kappa shape index (κ2) is 3.53. The van der Waals surface area contributed by atoms with Crippen LogP contribution in [0.5, 0.6) is 0 Å². The lowest BCUT2D eigenvalue weighted by Gasteiger charge is -1.99. The van der Waals surface area contributed by atoms with Crippen molar-refractivity contribution in [3.8, 4) is 0 Å². The minimum atomic E-state index is -0.208. The average Bonchev–Trinajstić information content (AvgIpc) is 2.36. The van der Waals surface area contributed by atoms with E-state index in [2.05, 4.69) is 0 Å². The van der Waals surface area contributed by atoms with E-state index >= 15 is 0 Å². The molecule has 0 amide bonds. The van der Waals surface area contributed by atoms with Gasteiger partial charge in [0.15, 0.2) is 0 Å². The van der Waals surface area contributed by atoms with Gasteiger partial charge in [0.25, 0.3) is 0 Å². The van der Waals surface area contributed by atoms with Crippen LogP contribution in [0.4, 0.5) is 0 Å². The summed E-state index contributed by atoms with van der Waals surface area (Å²) in [4.78, 5) is 11.0. The SMILES string of the molecule is CCOC(=O)C1=CC(N)CC1. The number of ether oxygens (including phenoxy) is 1. The third kappa shape index (κ3) is 2.05. The first-order valence-electron chi connectivity index (χ1n) is 3.87. The van der Waals surface area contributed by atoms with Crippen molar-refractivity contribution in [3.63, 3.8) is 0 Å². The maximum absolute atomic E-state index is 11.0. The molecular formula is C8H13NO2. The van der Waals surface area contributed by atoms with E-state index in [9.17, 15) is 4.79 Å². The highest BCUT2D eigenvalue weighted by Gasteiger charge is 2.18. The summed E-state index contributed by atoms with van der Waals surface area (Å²) >= 11 is 0. The zero-order valence-corrected chi connectivity index (χ0v) is 6.67. The van der Waals surface area contributed by atoms with Crippen LogP contribution in [-0.4, -0.2) is 18.6 Å². The van der Waals surface area contributed by atoms with Crippen molar-refractivity contribution in [3.05, 3.63) is 11.6 Å². The van der Waals surface area contributed by atoms with Crippen LogP contribution in [0.3, 0.4) is 0 Å². The van der Waals surface area contributed by atoms with Crippen molar-refractivity contribution in [2.24, 2.45) is 5.73 Å². The summed E-state index contributed by atoms with van der Waals surface area (Å²) in [5.74, 6) is -0.208. The summed E-state index contributed by atoms with van der Waals surface area (Å²) in [6.07, 6.45) is 3.42. The van der Waals surface area contributed by atoms with Crippen LogP contribution in [0.15, 0.2) is 11.6 Å². The number of hydrogen-bond acceptors (Lipinski definition) is 3. The lowest BCUT2D eigenvalue weighted by atomic mass is 10.2. The summed E-state index contributed by atoms with van der Waals surface area (Å²) < 4.78 is 4.81. The van der Waals surface area contributed by atoms with Gasteiger partial charge in [-0.15, -0.1) is 0 Å². The standard InChI is InChI=1S/C8H13NO2/c1-2-11-8(10)6-3-4-7(9)5-6/h5,7H,2-4,9H2,1H3. The number of nitrogens with two attached hydrogens (primary N) is 1. The van der Waals surface area contributed by atoms with Gasteiger partial charge in [-0.05, 0) is 19.8 Å². The molecule has 0 bridgehead atoms. The maximum Gasteiger partial charge on any atom is 0.333 e. The predicted molar refractivity (Wildman–Crippen MR) is 41.9 cm³/mol. The van der Waals surface area contributed by atoms with Crippen LogP contribution >= 0.6 is 0 Å². The van der Waals surface area contributed by atoms with E-state index in [1.54, 1.807) is 13.0 Å². The molecule has 1 aliphatic rings. The summed E-state index contributed by atoms with van der Waals surface area (Å²) in [6.45, 7) is 2.23. The molecule has 0 aromatic rings. The number of esters is 1. The van der Waals surface area contributed by atoms with Crippen LogP contribution in [0.25, 0.3) is 0 Å². The van der Waals surface area contributed by atoms with Crippen molar-refractivity contribution >= 4 is 5.97 Å². The van der Waals surface area contributed by atoms with E-state index in [1.165, 1.54) is 0 Å². The van der Waals surface area contributed by atoms with Gasteiger partial charge in [0.1, 0.15) is 0 Å². The summed E-state index contributed by atoms with van der Waals surface area (Å²) in [5.41, 5.74) is 6.31. The fourth-order valence-electron chi connectivity index (χ4n) is 1.14. The molecule has 11 heavy (non-hydrogen) atoms. The zero-order chi connectivity index (χ0) is 8.27. The summed E-state index contributed by atoms with van der Waals surface area (Å²) in [5, 5.41) is 0. The molecule has 0 heterocycles. The molecule has 0 radical (unpaired) electrons. The van der Waals surface area contributed by atoms with Gasteiger partial charge in [-0.25, -0.2) is 4.79 Å². The fourth-order valence-corrected chi connectivity index (χ4v) is 1.14. The number of rotatable bonds is 2. The minimum absolute atomic E-state index is 0.0504. The molecule has 0 saturated heterocycles. The third-order valence-corrected chi connectivity index (χ3v) is 1.70. The topological polar surface area (TPSA) is 52.3 Å². The fraction of sp³-hybridized carbons (Fsp3) is 0.625. The van der Waals surface area contributed by atoms with Crippen LogP contribution < -0.4 is 5.73 Å². The normalized spacial score (nSPS) is 23.1. The van der Waals surface area contributed by atoms with Crippen LogP contribution in [0.2, 0.25) is 0 Å². The van der Waals surface area contributed by atoms with E-state index in [0.29, 0.717) is 6.61 Å². The molecule has 0 aliphatic heterocycles. The molecule has 0 aromatic heterocycles. The molecule has 1 unspecified atom stereocenters. The quantitative estimate of drug-likeness (QED) is 0.594. The van der Waals surface area contributed by atoms with Crippen molar-refractivity contribution < 1.29 is 9.53 Å². The van der Waals surface area contributed by atoms with E-state index in [4.69, 9.17) is 10.5 Å². The Morgan fingerprint density at radius 2 is 2.64 bits per heavy atom. The molecular weight excluding hydrogens is 142 g/mol. The molecule has 0 aromatic carbocycles. The Balaban J connectivity index is 2.48. The lowest BCUT2D eigenvalue weighted by molar-refractivity contribution is -0.138. The van der Waals surface area contributed by atoms with E-state index in [-0.39, 0.29) is 12.0 Å². The van der Waals surface area contributed by atoms with Gasteiger partial charge in [0, 0.05) is 11.6 Å². The molecule has 3 nitrogen and oxygen atoms in total. The van der Waals surface area contributed by atoms with Gasteiger partial charge < -0.3 is 10.5 Å². The molecule has 62 valence electrons. The van der Waals surface area contributed by atoms with Gasteiger partial charge in [-0.2, -0.15) is 0 Å². The smallest absolute Gasteiger partial charge is 0.333 e. The van der Waals surface area contributed by atoms with Crippen molar-refractivity contribution in [1.82, 2.24) is 0 Å². The monoisotopic (exact) mass is 155 g/mol. The van der Waals surface area contributed by atoms with Gasteiger partial charge in [-0.3, -0.25) is 0 Å². The molecule has 0 spiro atoms. The van der Waals surface area contributed by atoms with Crippen LogP contribution in [0.1, 0.15) is 19.8 Å². The van der Waals surface area contributed by atoms with E-state index in [1.807, 2.05) is 0 Å². The highest BCUT2D eigenvalue weighted by Crippen LogP contribution is 2.17. The highest BCUT2D eigenvalue weighted by molar-refractivity contribution is 5.89. The van der Waals surface area contributed by atoms with Gasteiger partial charge in [-0.1, -0.05) is 6.08 Å². The largest absolute Gasteiger partial charge is 0.463 e. The summed E-state index contributed by atoms with van der Waals surface area (Å²) in [7, 11) is 0. The molecule has 2 N–H and O–H groups in total. The van der Waals surface area contributed by atoms with Gasteiger partial charge >= 0.3 is 5.97 Å². The van der Waals surface area contributed by atoms with Crippen molar-refractivity contribution in [1.29, 1.82) is 0 Å². The molecule has 0 saturated carbocycles. The molecule has 1 aliphatic carbocycles. The van der Waals surface area contributed by atoms with E-state index < -0.39 is 0 Å². The average molecular weight is 155 g/mol. The van der Waals surface area contributed by atoms with Gasteiger partial charge in [0.05, 0.1) is 6.61 Å². The number of hydrogen-bond donors (Lipinski definition) is 1. The Morgan fingerprint density at radius 3 is 3.09 bits per heavy atom. The number of carbonyl (C=O) groups is 1. The zero-order valence-electron chi connectivity index (χ0n) is 6.67. The lowest BCUT2D eigenvalue weighted by Crippen LogP contribution is -2.12. The third-order valence-electron chi connectivity index (χ3n) is 1.70. The minimum Gasteiger partial charge on any atom is -0.463 e. The van der Waals surface area contributed by atoms with Crippen molar-refractivity contribution in [2.75, 3.05) is 6.61 Å². The van der Waals surface area contributed by atoms with Gasteiger partial charge in [0.2, 0.25) is 0 Å². The molecule has 1 atom stereocenters. The van der Waals surface area contributed by atoms with E-state index in [0.717, 1.165) is 18.4 Å². The Hall–Kier alpha value is -0.830. The molecule has 1 rings (SSSR count). The Morgan fingerprint density at radius 1 is 1.91 bits per heavy atom. The molecule has 3 heteroatoms. The van der Waals surface area contributed by atoms with Crippen LogP contribution in [-0.2, 0) is 9.53 Å². The second-order valence-electron chi connectivity index (χ2n) is 2.61. The second-order valence-corrected chi connectivity index (χ2v) is 2.61. The molecule has 0 fully saturated rings. The Bertz CT molecular complexity index is 187. The Kier molecular flexibility index (Phi) is 2.65. The Labute approximate surface area is 66.2 Å². The number of carbonyl (C=O) groups excluding carboxylic acids is 1. The van der Waals surface area contributed by atoms with Crippen LogP contribution in [0, 0.1) is 0 Å². The summed E-state index contributed by atoms with van der Waals surface area (Å²) in [6, 6.07) is 0.0504. The predicted octanol–water partition coefficient (Wildman–Crippen LogP) is 0.597. The highest BCUT2D eigenvalue weighted by atomic mass is 16.5.